The predicted octanol–water partition coefficient (Wildman–Crippen LogP) is 5.11. The van der Waals surface area contributed by atoms with Crippen LogP contribution >= 0.6 is 11.8 Å². The molecule has 1 N–H and O–H groups in total. The molecule has 144 valence electrons. The van der Waals surface area contributed by atoms with E-state index < -0.39 is 11.7 Å². The fraction of sp³-hybridized carbons (Fsp3) is 0.381. The summed E-state index contributed by atoms with van der Waals surface area (Å²) in [5, 5.41) is 3.56. The average Bonchev–Trinajstić information content (AvgIpc) is 2.61. The van der Waals surface area contributed by atoms with Gasteiger partial charge in [-0.15, -0.1) is 0 Å². The molecule has 1 heterocycles. The summed E-state index contributed by atoms with van der Waals surface area (Å²) >= 11 is 1.56. The van der Waals surface area contributed by atoms with Crippen molar-refractivity contribution in [2.24, 2.45) is 0 Å². The molecular weight excluding hydrogens is 360 g/mol. The molecule has 0 bridgehead atoms. The van der Waals surface area contributed by atoms with Crippen LogP contribution in [0.15, 0.2) is 58.6 Å². The molecule has 1 aromatic heterocycles. The number of nitrogens with zero attached hydrogens (tertiary/aromatic N) is 1. The molecule has 0 atom stereocenters. The number of unbranched alkanes of at least 4 members (excludes halogenated alkanes) is 1. The van der Waals surface area contributed by atoms with Crippen LogP contribution in [0.2, 0.25) is 0 Å². The van der Waals surface area contributed by atoms with Crippen LogP contribution in [-0.2, 0) is 4.74 Å². The predicted molar refractivity (Wildman–Crippen MR) is 107 cm³/mol. The van der Waals surface area contributed by atoms with Gasteiger partial charge in [-0.05, 0) is 57.9 Å². The third kappa shape index (κ3) is 8.26. The molecule has 27 heavy (non-hydrogen) atoms. The van der Waals surface area contributed by atoms with E-state index in [2.05, 4.69) is 10.3 Å². The quantitative estimate of drug-likeness (QED) is 0.504. The first-order valence-corrected chi connectivity index (χ1v) is 9.84. The highest BCUT2D eigenvalue weighted by Crippen LogP contribution is 2.25. The highest BCUT2D eigenvalue weighted by atomic mass is 32.2. The molecule has 0 saturated heterocycles. The van der Waals surface area contributed by atoms with E-state index in [4.69, 9.17) is 4.74 Å². The van der Waals surface area contributed by atoms with Gasteiger partial charge >= 0.3 is 6.09 Å². The van der Waals surface area contributed by atoms with E-state index in [1.54, 1.807) is 18.0 Å². The number of benzene rings is 1. The lowest BCUT2D eigenvalue weighted by atomic mass is 10.1. The summed E-state index contributed by atoms with van der Waals surface area (Å²) in [6, 6.07) is 13.7. The second kappa shape index (κ2) is 10.1. The van der Waals surface area contributed by atoms with Crippen molar-refractivity contribution in [2.45, 2.75) is 55.6 Å². The zero-order valence-electron chi connectivity index (χ0n) is 16.0. The van der Waals surface area contributed by atoms with Gasteiger partial charge in [0.2, 0.25) is 0 Å². The number of alkyl carbamates (subject to hydrolysis) is 1. The van der Waals surface area contributed by atoms with Gasteiger partial charge in [0.25, 0.3) is 0 Å². The Hall–Kier alpha value is -2.34. The second-order valence-corrected chi connectivity index (χ2v) is 8.20. The van der Waals surface area contributed by atoms with Gasteiger partial charge in [0.1, 0.15) is 10.6 Å². The summed E-state index contributed by atoms with van der Waals surface area (Å²) in [6.07, 6.45) is 3.06. The Morgan fingerprint density at radius 2 is 1.81 bits per heavy atom. The first-order chi connectivity index (χ1) is 12.8. The number of hydrogen-bond acceptors (Lipinski definition) is 5. The van der Waals surface area contributed by atoms with Crippen molar-refractivity contribution >= 4 is 23.6 Å². The van der Waals surface area contributed by atoms with E-state index in [9.17, 15) is 9.59 Å². The van der Waals surface area contributed by atoms with Crippen molar-refractivity contribution in [3.63, 3.8) is 0 Å². The first-order valence-electron chi connectivity index (χ1n) is 9.02. The Morgan fingerprint density at radius 1 is 1.07 bits per heavy atom. The lowest BCUT2D eigenvalue weighted by molar-refractivity contribution is 0.0527. The monoisotopic (exact) mass is 386 g/mol. The maximum atomic E-state index is 12.2. The second-order valence-electron chi connectivity index (χ2n) is 7.11. The molecule has 0 fully saturated rings. The molecule has 0 saturated carbocycles. The summed E-state index contributed by atoms with van der Waals surface area (Å²) in [7, 11) is 0. The number of hydrogen-bond donors (Lipinski definition) is 1. The van der Waals surface area contributed by atoms with Crippen LogP contribution < -0.4 is 5.32 Å². The number of carbonyl (C=O) groups is 2. The summed E-state index contributed by atoms with van der Waals surface area (Å²) in [5.41, 5.74) is 0.116. The van der Waals surface area contributed by atoms with Gasteiger partial charge in [-0.25, -0.2) is 9.78 Å². The number of ketones is 1. The van der Waals surface area contributed by atoms with E-state index in [1.165, 1.54) is 0 Å². The van der Waals surface area contributed by atoms with E-state index in [0.717, 1.165) is 16.3 Å². The van der Waals surface area contributed by atoms with Crippen molar-refractivity contribution < 1.29 is 14.3 Å². The van der Waals surface area contributed by atoms with Crippen LogP contribution in [0.1, 0.15) is 50.4 Å². The molecule has 1 aromatic carbocycles. The Kier molecular flexibility index (Phi) is 7.85. The van der Waals surface area contributed by atoms with Gasteiger partial charge in [-0.3, -0.25) is 4.79 Å². The minimum absolute atomic E-state index is 0.0658. The van der Waals surface area contributed by atoms with Crippen LogP contribution in [0.3, 0.4) is 0 Å². The zero-order valence-corrected chi connectivity index (χ0v) is 16.8. The Balaban J connectivity index is 1.69. The number of pyridine rings is 1. The lowest BCUT2D eigenvalue weighted by Crippen LogP contribution is -2.33. The number of rotatable bonds is 8. The highest BCUT2D eigenvalue weighted by molar-refractivity contribution is 7.99. The van der Waals surface area contributed by atoms with E-state index in [-0.39, 0.29) is 5.78 Å². The Labute approximate surface area is 164 Å². The van der Waals surface area contributed by atoms with Crippen LogP contribution in [0.5, 0.6) is 0 Å². The van der Waals surface area contributed by atoms with Crippen LogP contribution in [0, 0.1) is 0 Å². The SMILES string of the molecule is CC(C)(C)OC(=O)NCCCCC(=O)c1ccc(Sc2ccccc2)nc1. The van der Waals surface area contributed by atoms with Crippen LogP contribution in [0.4, 0.5) is 4.79 Å². The third-order valence-corrected chi connectivity index (χ3v) is 4.48. The van der Waals surface area contributed by atoms with E-state index in [0.29, 0.717) is 24.9 Å². The van der Waals surface area contributed by atoms with Gasteiger partial charge < -0.3 is 10.1 Å². The molecule has 2 aromatic rings. The molecule has 2 rings (SSSR count). The third-order valence-electron chi connectivity index (χ3n) is 3.52. The summed E-state index contributed by atoms with van der Waals surface area (Å²) in [4.78, 5) is 29.2. The standard InChI is InChI=1S/C21H26N2O3S/c1-21(2,3)26-20(25)22-14-8-7-11-18(24)16-12-13-19(23-15-16)27-17-9-5-4-6-10-17/h4-6,9-10,12-13,15H,7-8,11,14H2,1-3H3,(H,22,25). The molecular formula is C21H26N2O3S. The summed E-state index contributed by atoms with van der Waals surface area (Å²) in [6.45, 7) is 5.96. The largest absolute Gasteiger partial charge is 0.444 e. The Bertz CT molecular complexity index is 740. The number of aromatic nitrogens is 1. The summed E-state index contributed by atoms with van der Waals surface area (Å²) in [5.74, 6) is 0.0658. The van der Waals surface area contributed by atoms with Crippen molar-refractivity contribution in [2.75, 3.05) is 6.54 Å². The fourth-order valence-corrected chi connectivity index (χ4v) is 3.05. The molecule has 0 unspecified atom stereocenters. The maximum absolute atomic E-state index is 12.2. The molecule has 0 aliphatic heterocycles. The van der Waals surface area contributed by atoms with Gasteiger partial charge in [0.15, 0.2) is 5.78 Å². The zero-order chi connectivity index (χ0) is 19.7. The molecule has 0 radical (unpaired) electrons. The first kappa shape index (κ1) is 21.0. The lowest BCUT2D eigenvalue weighted by Gasteiger charge is -2.19. The fourth-order valence-electron chi connectivity index (χ4n) is 2.27. The number of amides is 1. The number of Topliss-reactive ketones (excluding diaryl/α,β-unsaturated/α-hetero) is 1. The number of carbonyl (C=O) groups excluding carboxylic acids is 2. The molecule has 6 heteroatoms. The summed E-state index contributed by atoms with van der Waals surface area (Å²) < 4.78 is 5.16. The van der Waals surface area contributed by atoms with Crippen LogP contribution in [0.25, 0.3) is 0 Å². The highest BCUT2D eigenvalue weighted by Gasteiger charge is 2.15. The van der Waals surface area contributed by atoms with Crippen molar-refractivity contribution in [1.82, 2.24) is 10.3 Å². The average molecular weight is 387 g/mol. The Morgan fingerprint density at radius 3 is 2.44 bits per heavy atom. The minimum atomic E-state index is -0.502. The van der Waals surface area contributed by atoms with Gasteiger partial charge in [-0.2, -0.15) is 0 Å². The van der Waals surface area contributed by atoms with Crippen molar-refractivity contribution in [1.29, 1.82) is 0 Å². The molecule has 0 aliphatic carbocycles. The van der Waals surface area contributed by atoms with Gasteiger partial charge in [0, 0.05) is 29.6 Å². The van der Waals surface area contributed by atoms with E-state index in [1.807, 2.05) is 63.2 Å². The van der Waals surface area contributed by atoms with Crippen LogP contribution in [-0.4, -0.2) is 29.0 Å². The molecule has 5 nitrogen and oxygen atoms in total. The smallest absolute Gasteiger partial charge is 0.407 e. The van der Waals surface area contributed by atoms with E-state index >= 15 is 0 Å². The molecule has 0 spiro atoms. The van der Waals surface area contributed by atoms with Crippen molar-refractivity contribution in [3.05, 3.63) is 54.2 Å². The maximum Gasteiger partial charge on any atom is 0.407 e. The number of ether oxygens (including phenoxy) is 1. The van der Waals surface area contributed by atoms with Gasteiger partial charge in [0.05, 0.1) is 0 Å². The normalized spacial score (nSPS) is 11.1. The van der Waals surface area contributed by atoms with Crippen molar-refractivity contribution in [3.8, 4) is 0 Å². The molecule has 0 aliphatic rings. The van der Waals surface area contributed by atoms with Gasteiger partial charge in [-0.1, -0.05) is 30.0 Å². The number of nitrogens with one attached hydrogen (secondary N) is 1. The minimum Gasteiger partial charge on any atom is -0.444 e. The topological polar surface area (TPSA) is 68.3 Å². The molecule has 1 amide bonds.